The first-order valence-corrected chi connectivity index (χ1v) is 7.16. The predicted molar refractivity (Wildman–Crippen MR) is 77.0 cm³/mol. The van der Waals surface area contributed by atoms with Crippen LogP contribution in [-0.4, -0.2) is 16.6 Å². The zero-order chi connectivity index (χ0) is 13.5. The van der Waals surface area contributed by atoms with Gasteiger partial charge in [-0.1, -0.05) is 30.3 Å². The Kier molecular flexibility index (Phi) is 2.86. The van der Waals surface area contributed by atoms with E-state index in [1.54, 1.807) is 23.9 Å². The molecule has 0 bridgehead atoms. The van der Waals surface area contributed by atoms with Crippen molar-refractivity contribution < 1.29 is 9.90 Å². The normalized spacial score (nSPS) is 22.1. The van der Waals surface area contributed by atoms with E-state index in [1.165, 1.54) is 0 Å². The van der Waals surface area contributed by atoms with Crippen LogP contribution in [0.5, 0.6) is 5.75 Å². The standard InChI is InChI=1S/C16H14O2S/c1-16(11-6-8-12(17)9-7-11)10-19-14-5-3-2-4-13(14)15(16)18/h2-9,17H,10H2,1H3. The van der Waals surface area contributed by atoms with Gasteiger partial charge in [-0.3, -0.25) is 4.79 Å². The van der Waals surface area contributed by atoms with Gasteiger partial charge in [-0.25, -0.2) is 0 Å². The molecule has 0 amide bonds. The third-order valence-corrected chi connectivity index (χ3v) is 5.04. The van der Waals surface area contributed by atoms with Gasteiger partial charge >= 0.3 is 0 Å². The van der Waals surface area contributed by atoms with Crippen molar-refractivity contribution in [3.63, 3.8) is 0 Å². The number of rotatable bonds is 1. The van der Waals surface area contributed by atoms with Crippen LogP contribution >= 0.6 is 11.8 Å². The number of Topliss-reactive ketones (excluding diaryl/α,β-unsaturated/α-hetero) is 1. The number of thioether (sulfide) groups is 1. The van der Waals surface area contributed by atoms with E-state index in [0.717, 1.165) is 21.8 Å². The average Bonchev–Trinajstić information content (AvgIpc) is 2.44. The summed E-state index contributed by atoms with van der Waals surface area (Å²) in [6.45, 7) is 1.98. The van der Waals surface area contributed by atoms with Gasteiger partial charge in [0.1, 0.15) is 5.75 Å². The minimum atomic E-state index is -0.521. The smallest absolute Gasteiger partial charge is 0.175 e. The second-order valence-corrected chi connectivity index (χ2v) is 6.01. The van der Waals surface area contributed by atoms with Crippen molar-refractivity contribution in [2.75, 3.05) is 5.75 Å². The lowest BCUT2D eigenvalue weighted by Gasteiger charge is -2.33. The second-order valence-electron chi connectivity index (χ2n) is 4.99. The monoisotopic (exact) mass is 270 g/mol. The Morgan fingerprint density at radius 2 is 1.79 bits per heavy atom. The van der Waals surface area contributed by atoms with Crippen LogP contribution in [0.4, 0.5) is 0 Å². The van der Waals surface area contributed by atoms with Crippen molar-refractivity contribution in [2.24, 2.45) is 0 Å². The molecule has 0 radical (unpaired) electrons. The molecular weight excluding hydrogens is 256 g/mol. The van der Waals surface area contributed by atoms with Crippen LogP contribution < -0.4 is 0 Å². The van der Waals surface area contributed by atoms with Crippen molar-refractivity contribution in [2.45, 2.75) is 17.2 Å². The zero-order valence-electron chi connectivity index (χ0n) is 10.6. The molecule has 96 valence electrons. The van der Waals surface area contributed by atoms with E-state index in [2.05, 4.69) is 0 Å². The van der Waals surface area contributed by atoms with Crippen molar-refractivity contribution in [3.05, 3.63) is 59.7 Å². The van der Waals surface area contributed by atoms with Crippen LogP contribution in [0.25, 0.3) is 0 Å². The quantitative estimate of drug-likeness (QED) is 0.859. The van der Waals surface area contributed by atoms with Crippen molar-refractivity contribution in [3.8, 4) is 5.75 Å². The maximum Gasteiger partial charge on any atom is 0.175 e. The Morgan fingerprint density at radius 1 is 1.11 bits per heavy atom. The van der Waals surface area contributed by atoms with Crippen LogP contribution in [-0.2, 0) is 5.41 Å². The third kappa shape index (κ3) is 1.94. The van der Waals surface area contributed by atoms with E-state index < -0.39 is 5.41 Å². The number of phenolic OH excluding ortho intramolecular Hbond substituents is 1. The number of fused-ring (bicyclic) bond motifs is 1. The predicted octanol–water partition coefficient (Wildman–Crippen LogP) is 3.64. The molecule has 0 aromatic heterocycles. The number of ketones is 1. The molecule has 3 heteroatoms. The first kappa shape index (κ1) is 12.3. The molecule has 1 aliphatic rings. The van der Waals surface area contributed by atoms with Crippen LogP contribution in [0.2, 0.25) is 0 Å². The molecule has 1 atom stereocenters. The number of aromatic hydroxyl groups is 1. The molecule has 2 aromatic carbocycles. The summed E-state index contributed by atoms with van der Waals surface area (Å²) in [6, 6.07) is 14.7. The molecule has 1 N–H and O–H groups in total. The van der Waals surface area contributed by atoms with E-state index in [4.69, 9.17) is 0 Å². The highest BCUT2D eigenvalue weighted by Crippen LogP contribution is 2.41. The largest absolute Gasteiger partial charge is 0.508 e. The Hall–Kier alpha value is -1.74. The van der Waals surface area contributed by atoms with E-state index in [0.29, 0.717) is 0 Å². The number of hydrogen-bond acceptors (Lipinski definition) is 3. The molecule has 0 aliphatic carbocycles. The molecule has 0 saturated carbocycles. The van der Waals surface area contributed by atoms with Crippen molar-refractivity contribution in [1.29, 1.82) is 0 Å². The van der Waals surface area contributed by atoms with Gasteiger partial charge in [0.25, 0.3) is 0 Å². The molecule has 1 unspecified atom stereocenters. The number of carbonyl (C=O) groups is 1. The van der Waals surface area contributed by atoms with Crippen LogP contribution in [0, 0.1) is 0 Å². The van der Waals surface area contributed by atoms with E-state index >= 15 is 0 Å². The summed E-state index contributed by atoms with van der Waals surface area (Å²) in [5.41, 5.74) is 1.24. The Labute approximate surface area is 116 Å². The van der Waals surface area contributed by atoms with E-state index in [1.807, 2.05) is 43.3 Å². The number of benzene rings is 2. The topological polar surface area (TPSA) is 37.3 Å². The molecule has 0 fully saturated rings. The molecule has 2 aromatic rings. The summed E-state index contributed by atoms with van der Waals surface area (Å²) in [4.78, 5) is 13.8. The molecular formula is C16H14O2S. The maximum atomic E-state index is 12.7. The van der Waals surface area contributed by atoms with Gasteiger partial charge < -0.3 is 5.11 Å². The van der Waals surface area contributed by atoms with Crippen LogP contribution in [0.1, 0.15) is 22.8 Å². The summed E-state index contributed by atoms with van der Waals surface area (Å²) in [5.74, 6) is 1.12. The van der Waals surface area contributed by atoms with Gasteiger partial charge in [0.15, 0.2) is 5.78 Å². The molecule has 1 aliphatic heterocycles. The van der Waals surface area contributed by atoms with Crippen LogP contribution in [0.15, 0.2) is 53.4 Å². The van der Waals surface area contributed by atoms with Gasteiger partial charge in [-0.05, 0) is 30.7 Å². The number of phenols is 1. The van der Waals surface area contributed by atoms with E-state index in [-0.39, 0.29) is 11.5 Å². The van der Waals surface area contributed by atoms with Gasteiger partial charge in [-0.15, -0.1) is 11.8 Å². The Bertz CT molecular complexity index is 633. The van der Waals surface area contributed by atoms with E-state index in [9.17, 15) is 9.90 Å². The lowest BCUT2D eigenvalue weighted by atomic mass is 9.77. The summed E-state index contributed by atoms with van der Waals surface area (Å²) >= 11 is 1.72. The van der Waals surface area contributed by atoms with Gasteiger partial charge in [-0.2, -0.15) is 0 Å². The highest BCUT2D eigenvalue weighted by Gasteiger charge is 2.40. The number of carbonyl (C=O) groups excluding carboxylic acids is 1. The lowest BCUT2D eigenvalue weighted by Crippen LogP contribution is -2.38. The average molecular weight is 270 g/mol. The first-order chi connectivity index (χ1) is 9.11. The summed E-state index contributed by atoms with van der Waals surface area (Å²) < 4.78 is 0. The Balaban J connectivity index is 2.07. The maximum absolute atomic E-state index is 12.7. The van der Waals surface area contributed by atoms with Gasteiger partial charge in [0.2, 0.25) is 0 Å². The zero-order valence-corrected chi connectivity index (χ0v) is 11.4. The fraction of sp³-hybridized carbons (Fsp3) is 0.188. The molecule has 0 spiro atoms. The van der Waals surface area contributed by atoms with Gasteiger partial charge in [0, 0.05) is 16.2 Å². The summed E-state index contributed by atoms with van der Waals surface area (Å²) in [7, 11) is 0. The minimum absolute atomic E-state index is 0.160. The molecule has 19 heavy (non-hydrogen) atoms. The van der Waals surface area contributed by atoms with Crippen molar-refractivity contribution >= 4 is 17.5 Å². The SMILES string of the molecule is CC1(c2ccc(O)cc2)CSc2ccccc2C1=O. The highest BCUT2D eigenvalue weighted by atomic mass is 32.2. The molecule has 2 nitrogen and oxygen atoms in total. The molecule has 3 rings (SSSR count). The fourth-order valence-electron chi connectivity index (χ4n) is 2.41. The number of hydrogen-bond donors (Lipinski definition) is 1. The third-order valence-electron chi connectivity index (χ3n) is 3.65. The fourth-order valence-corrected chi connectivity index (χ4v) is 3.64. The lowest BCUT2D eigenvalue weighted by molar-refractivity contribution is 0.0906. The van der Waals surface area contributed by atoms with Crippen molar-refractivity contribution in [1.82, 2.24) is 0 Å². The van der Waals surface area contributed by atoms with Crippen LogP contribution in [0.3, 0.4) is 0 Å². The highest BCUT2D eigenvalue weighted by molar-refractivity contribution is 7.99. The Morgan fingerprint density at radius 3 is 2.53 bits per heavy atom. The summed E-state index contributed by atoms with van der Waals surface area (Å²) in [5, 5.41) is 9.37. The molecule has 1 heterocycles. The minimum Gasteiger partial charge on any atom is -0.508 e. The second kappa shape index (κ2) is 4.42. The van der Waals surface area contributed by atoms with Gasteiger partial charge in [0.05, 0.1) is 5.41 Å². The first-order valence-electron chi connectivity index (χ1n) is 6.17. The molecule has 0 saturated heterocycles. The summed E-state index contributed by atoms with van der Waals surface area (Å²) in [6.07, 6.45) is 0.